The van der Waals surface area contributed by atoms with E-state index in [1.165, 1.54) is 47.3 Å². The summed E-state index contributed by atoms with van der Waals surface area (Å²) in [5, 5.41) is 14.9. The zero-order valence-corrected chi connectivity index (χ0v) is 22.5. The predicted molar refractivity (Wildman–Crippen MR) is 141 cm³/mol. The van der Waals surface area contributed by atoms with Gasteiger partial charge in [-0.2, -0.15) is 18.3 Å². The summed E-state index contributed by atoms with van der Waals surface area (Å²) in [5.41, 5.74) is -1.09. The third kappa shape index (κ3) is 7.57. The molecule has 6 nitrogen and oxygen atoms in total. The third-order valence-electron chi connectivity index (χ3n) is 6.38. The predicted octanol–water partition coefficient (Wildman–Crippen LogP) is 5.99. The highest BCUT2D eigenvalue weighted by Gasteiger charge is 2.41. The molecule has 0 unspecified atom stereocenters. The first-order valence-corrected chi connectivity index (χ1v) is 13.3. The number of aromatic nitrogens is 3. The van der Waals surface area contributed by atoms with Crippen LogP contribution in [0.15, 0.2) is 72.8 Å². The van der Waals surface area contributed by atoms with E-state index < -0.39 is 40.5 Å². The van der Waals surface area contributed by atoms with Crippen molar-refractivity contribution < 1.29 is 36.5 Å². The summed E-state index contributed by atoms with van der Waals surface area (Å²) in [5.74, 6) is -1.61. The fraction of sp³-hybridized carbons (Fsp3) is 0.357. The Morgan fingerprint density at radius 1 is 1.15 bits per heavy atom. The molecule has 0 aliphatic carbocycles. The van der Waals surface area contributed by atoms with Crippen LogP contribution in [0.1, 0.15) is 30.5 Å². The van der Waals surface area contributed by atoms with Crippen LogP contribution in [0.3, 0.4) is 0 Å². The van der Waals surface area contributed by atoms with Gasteiger partial charge >= 0.3 is 6.18 Å². The van der Waals surface area contributed by atoms with Gasteiger partial charge in [0.05, 0.1) is 30.6 Å². The fourth-order valence-corrected chi connectivity index (χ4v) is 5.55. The monoisotopic (exact) mass is 581 g/mol. The van der Waals surface area contributed by atoms with Gasteiger partial charge in [-0.3, -0.25) is 0 Å². The quantitative estimate of drug-likeness (QED) is 0.248. The van der Waals surface area contributed by atoms with E-state index in [1.807, 2.05) is 6.92 Å². The molecule has 3 aromatic rings. The molecule has 1 aliphatic heterocycles. The SMILES string of the molecule is CC(/C=C/C1OCC(S[C@H](C)[C@](O)(Cn2cncn2)c2ccc(F)cc2F)CO1)=C\c1ccc(C(F)(F)F)cc1. The number of thioether (sulfide) groups is 1. The summed E-state index contributed by atoms with van der Waals surface area (Å²) in [6.45, 7) is 4.02. The van der Waals surface area contributed by atoms with E-state index in [4.69, 9.17) is 9.47 Å². The molecule has 2 aromatic carbocycles. The first-order valence-electron chi connectivity index (χ1n) is 12.4. The van der Waals surface area contributed by atoms with Crippen LogP contribution < -0.4 is 0 Å². The zero-order chi connectivity index (χ0) is 28.9. The Hall–Kier alpha value is -3.06. The van der Waals surface area contributed by atoms with Crippen molar-refractivity contribution in [2.75, 3.05) is 13.2 Å². The van der Waals surface area contributed by atoms with Gasteiger partial charge in [-0.15, -0.1) is 11.8 Å². The summed E-state index contributed by atoms with van der Waals surface area (Å²) in [6.07, 6.45) is 2.89. The number of aliphatic hydroxyl groups is 1. The average molecular weight is 582 g/mol. The van der Waals surface area contributed by atoms with Crippen molar-refractivity contribution in [3.8, 4) is 0 Å². The molecule has 0 radical (unpaired) electrons. The van der Waals surface area contributed by atoms with Crippen LogP contribution in [0, 0.1) is 11.6 Å². The Kier molecular flexibility index (Phi) is 9.44. The first kappa shape index (κ1) is 29.9. The van der Waals surface area contributed by atoms with Crippen molar-refractivity contribution in [1.82, 2.24) is 14.8 Å². The van der Waals surface area contributed by atoms with E-state index in [1.54, 1.807) is 25.2 Å². The second-order valence-electron chi connectivity index (χ2n) is 9.44. The number of halogens is 5. The van der Waals surface area contributed by atoms with Gasteiger partial charge in [-0.1, -0.05) is 42.8 Å². The van der Waals surface area contributed by atoms with Crippen molar-refractivity contribution in [1.29, 1.82) is 0 Å². The number of nitrogens with zero attached hydrogens (tertiary/aromatic N) is 3. The van der Waals surface area contributed by atoms with Gasteiger partial charge in [0.1, 0.15) is 29.9 Å². The van der Waals surface area contributed by atoms with Crippen LogP contribution in [0.25, 0.3) is 6.08 Å². The molecule has 1 aromatic heterocycles. The molecule has 1 aliphatic rings. The molecule has 2 atom stereocenters. The van der Waals surface area contributed by atoms with Gasteiger partial charge in [-0.25, -0.2) is 18.4 Å². The van der Waals surface area contributed by atoms with Crippen LogP contribution in [0.2, 0.25) is 0 Å². The maximum Gasteiger partial charge on any atom is 0.416 e. The first-order chi connectivity index (χ1) is 18.9. The molecule has 1 fully saturated rings. The van der Waals surface area contributed by atoms with Crippen LogP contribution in [-0.4, -0.2) is 49.9 Å². The van der Waals surface area contributed by atoms with Crippen molar-refractivity contribution in [2.24, 2.45) is 0 Å². The lowest BCUT2D eigenvalue weighted by molar-refractivity contribution is -0.146. The normalized spacial score (nSPS) is 20.9. The fourth-order valence-electron chi connectivity index (χ4n) is 4.24. The van der Waals surface area contributed by atoms with E-state index in [0.29, 0.717) is 5.56 Å². The van der Waals surface area contributed by atoms with Crippen LogP contribution in [-0.2, 0) is 27.8 Å². The van der Waals surface area contributed by atoms with Gasteiger partial charge in [0.25, 0.3) is 0 Å². The van der Waals surface area contributed by atoms with E-state index in [9.17, 15) is 27.1 Å². The van der Waals surface area contributed by atoms with Crippen molar-refractivity contribution in [3.63, 3.8) is 0 Å². The number of allylic oxidation sites excluding steroid dienone is 2. The maximum atomic E-state index is 14.8. The van der Waals surface area contributed by atoms with E-state index in [0.717, 1.165) is 29.8 Å². The molecular formula is C28H28F5N3O3S. The van der Waals surface area contributed by atoms with Crippen molar-refractivity contribution >= 4 is 17.8 Å². The van der Waals surface area contributed by atoms with Gasteiger partial charge in [0.15, 0.2) is 6.29 Å². The second kappa shape index (κ2) is 12.6. The lowest BCUT2D eigenvalue weighted by Gasteiger charge is -2.37. The Balaban J connectivity index is 1.36. The number of rotatable bonds is 9. The molecule has 0 bridgehead atoms. The number of benzene rings is 2. The Morgan fingerprint density at radius 2 is 1.85 bits per heavy atom. The Morgan fingerprint density at radius 3 is 2.45 bits per heavy atom. The van der Waals surface area contributed by atoms with E-state index in [2.05, 4.69) is 10.1 Å². The minimum atomic E-state index is -4.38. The lowest BCUT2D eigenvalue weighted by Crippen LogP contribution is -2.43. The minimum Gasteiger partial charge on any atom is -0.382 e. The minimum absolute atomic E-state index is 0.0573. The highest BCUT2D eigenvalue weighted by atomic mass is 32.2. The average Bonchev–Trinajstić information content (AvgIpc) is 3.40. The zero-order valence-electron chi connectivity index (χ0n) is 21.7. The standard InChI is InChI=1S/C28H28F5N3O3S/c1-18(11-20-4-6-21(7-5-20)28(31,32)33)3-10-26-38-13-23(14-39-26)40-19(2)27(37,15-36-17-34-16-35-36)24-9-8-22(29)12-25(24)30/h3-12,16-17,19,23,26,37H,13-15H2,1-2H3/b10-3+,18-11+/t19-,23?,26?,27-/m1/s1. The number of alkyl halides is 3. The maximum absolute atomic E-state index is 14.8. The molecule has 0 saturated carbocycles. The summed E-state index contributed by atoms with van der Waals surface area (Å²) in [7, 11) is 0. The summed E-state index contributed by atoms with van der Waals surface area (Å²) >= 11 is 1.35. The highest BCUT2D eigenvalue weighted by molar-refractivity contribution is 8.00. The molecule has 0 amide bonds. The van der Waals surface area contributed by atoms with Gasteiger partial charge < -0.3 is 14.6 Å². The van der Waals surface area contributed by atoms with Crippen molar-refractivity contribution in [3.05, 3.63) is 101 Å². The summed E-state index contributed by atoms with van der Waals surface area (Å²) < 4.78 is 79.5. The number of hydrogen-bond donors (Lipinski definition) is 1. The molecule has 1 saturated heterocycles. The van der Waals surface area contributed by atoms with Gasteiger partial charge in [0, 0.05) is 16.9 Å². The van der Waals surface area contributed by atoms with E-state index in [-0.39, 0.29) is 30.6 Å². The van der Waals surface area contributed by atoms with Gasteiger partial charge in [0.2, 0.25) is 0 Å². The Bertz CT molecular complexity index is 1320. The molecule has 40 heavy (non-hydrogen) atoms. The van der Waals surface area contributed by atoms with Crippen LogP contribution >= 0.6 is 11.8 Å². The molecule has 12 heteroatoms. The molecule has 0 spiro atoms. The summed E-state index contributed by atoms with van der Waals surface area (Å²) in [6, 6.07) is 7.93. The molecule has 1 N–H and O–H groups in total. The third-order valence-corrected chi connectivity index (χ3v) is 7.83. The van der Waals surface area contributed by atoms with E-state index >= 15 is 0 Å². The molecular weight excluding hydrogens is 553 g/mol. The Labute approximate surface area is 232 Å². The topological polar surface area (TPSA) is 69.4 Å². The number of hydrogen-bond acceptors (Lipinski definition) is 6. The molecule has 2 heterocycles. The smallest absolute Gasteiger partial charge is 0.382 e. The van der Waals surface area contributed by atoms with Gasteiger partial charge in [-0.05, 0) is 36.8 Å². The molecule has 214 valence electrons. The molecule has 4 rings (SSSR count). The van der Waals surface area contributed by atoms with Crippen molar-refractivity contribution in [2.45, 2.75) is 49.0 Å². The van der Waals surface area contributed by atoms with Crippen LogP contribution in [0.5, 0.6) is 0 Å². The van der Waals surface area contributed by atoms with Crippen LogP contribution in [0.4, 0.5) is 22.0 Å². The lowest BCUT2D eigenvalue weighted by atomic mass is 9.90. The second-order valence-corrected chi connectivity index (χ2v) is 11.1. The largest absolute Gasteiger partial charge is 0.416 e. The number of ether oxygens (including phenoxy) is 2. The highest BCUT2D eigenvalue weighted by Crippen LogP contribution is 2.38. The summed E-state index contributed by atoms with van der Waals surface area (Å²) in [4.78, 5) is 3.87.